The van der Waals surface area contributed by atoms with Gasteiger partial charge in [-0.3, -0.25) is 0 Å². The Kier molecular flexibility index (Phi) is 3.04. The third-order valence-electron chi connectivity index (χ3n) is 3.49. The second-order valence-corrected chi connectivity index (χ2v) is 5.34. The molecule has 0 spiro atoms. The summed E-state index contributed by atoms with van der Waals surface area (Å²) in [6.07, 6.45) is 4.67. The van der Waals surface area contributed by atoms with Gasteiger partial charge in [0, 0.05) is 12.8 Å². The van der Waals surface area contributed by atoms with E-state index in [2.05, 4.69) is 11.8 Å². The highest BCUT2D eigenvalue weighted by molar-refractivity contribution is 5.07. The lowest BCUT2D eigenvalue weighted by molar-refractivity contribution is -0.0214. The first-order valence-electron chi connectivity index (χ1n) is 5.96. The lowest BCUT2D eigenvalue weighted by atomic mass is 10.1. The number of hydrogen-bond donors (Lipinski definition) is 1. The topological polar surface area (TPSA) is 35.2 Å². The minimum atomic E-state index is -0.478. The van der Waals surface area contributed by atoms with Gasteiger partial charge in [0.25, 0.3) is 0 Å². The summed E-state index contributed by atoms with van der Waals surface area (Å²) in [6.45, 7) is 4.67. The van der Waals surface area contributed by atoms with Gasteiger partial charge in [0.1, 0.15) is 5.72 Å². The van der Waals surface area contributed by atoms with Gasteiger partial charge in [-0.1, -0.05) is 0 Å². The summed E-state index contributed by atoms with van der Waals surface area (Å²) in [5.41, 5.74) is 5.34. The molecular weight excluding hydrogens is 186 g/mol. The first-order valence-corrected chi connectivity index (χ1v) is 5.96. The van der Waals surface area contributed by atoms with Crippen molar-refractivity contribution in [3.05, 3.63) is 0 Å². The average Bonchev–Trinajstić information content (AvgIpc) is 2.71. The molecule has 2 rings (SSSR count). The standard InChI is InChI=1S/C13H21NO/c1-13(2,14)15-9-12-10-7-5-3-4-6-8-11(10)12/h10-12H,5-9,14H2,1-2H3. The third-order valence-corrected chi connectivity index (χ3v) is 3.49. The van der Waals surface area contributed by atoms with E-state index >= 15 is 0 Å². The maximum absolute atomic E-state index is 5.82. The molecule has 84 valence electrons. The van der Waals surface area contributed by atoms with Gasteiger partial charge in [-0.25, -0.2) is 0 Å². The van der Waals surface area contributed by atoms with E-state index in [1.165, 1.54) is 12.8 Å². The second kappa shape index (κ2) is 4.15. The van der Waals surface area contributed by atoms with Gasteiger partial charge in [0.2, 0.25) is 0 Å². The smallest absolute Gasteiger partial charge is 0.111 e. The van der Waals surface area contributed by atoms with Gasteiger partial charge < -0.3 is 10.5 Å². The van der Waals surface area contributed by atoms with Crippen LogP contribution in [0, 0.1) is 29.6 Å². The van der Waals surface area contributed by atoms with Crippen molar-refractivity contribution in [1.29, 1.82) is 0 Å². The highest BCUT2D eigenvalue weighted by Gasteiger charge is 2.48. The van der Waals surface area contributed by atoms with E-state index < -0.39 is 5.72 Å². The predicted molar refractivity (Wildman–Crippen MR) is 60.9 cm³/mol. The van der Waals surface area contributed by atoms with Crippen LogP contribution in [0.3, 0.4) is 0 Å². The molecule has 0 bridgehead atoms. The van der Waals surface area contributed by atoms with E-state index in [0.717, 1.165) is 37.2 Å². The van der Waals surface area contributed by atoms with Crippen LogP contribution >= 0.6 is 0 Å². The van der Waals surface area contributed by atoms with E-state index in [4.69, 9.17) is 10.5 Å². The molecule has 0 aromatic carbocycles. The van der Waals surface area contributed by atoms with Crippen LogP contribution in [0.5, 0.6) is 0 Å². The van der Waals surface area contributed by atoms with Crippen molar-refractivity contribution in [3.8, 4) is 11.8 Å². The minimum Gasteiger partial charge on any atom is -0.361 e. The maximum Gasteiger partial charge on any atom is 0.111 e. The van der Waals surface area contributed by atoms with Crippen molar-refractivity contribution < 1.29 is 4.74 Å². The number of ether oxygens (including phenoxy) is 1. The lowest BCUT2D eigenvalue weighted by Crippen LogP contribution is -2.36. The van der Waals surface area contributed by atoms with Crippen molar-refractivity contribution in [1.82, 2.24) is 0 Å². The highest BCUT2D eigenvalue weighted by Crippen LogP contribution is 2.52. The number of hydrogen-bond acceptors (Lipinski definition) is 2. The molecule has 2 N–H and O–H groups in total. The molecule has 1 saturated carbocycles. The summed E-state index contributed by atoms with van der Waals surface area (Å²) in [7, 11) is 0. The summed E-state index contributed by atoms with van der Waals surface area (Å²) in [6, 6.07) is 0. The molecule has 0 aliphatic heterocycles. The SMILES string of the molecule is CC(C)(N)OCC1C2CCC#CCCC21. The number of fused-ring (bicyclic) bond motifs is 1. The van der Waals surface area contributed by atoms with Gasteiger partial charge in [0.05, 0.1) is 6.61 Å². The largest absolute Gasteiger partial charge is 0.361 e. The monoisotopic (exact) mass is 207 g/mol. The second-order valence-electron chi connectivity index (χ2n) is 5.34. The van der Waals surface area contributed by atoms with Gasteiger partial charge in [-0.05, 0) is 44.4 Å². The van der Waals surface area contributed by atoms with Crippen molar-refractivity contribution in [2.45, 2.75) is 45.3 Å². The van der Waals surface area contributed by atoms with Crippen LogP contribution in [0.15, 0.2) is 0 Å². The molecule has 2 aliphatic rings. The molecule has 2 unspecified atom stereocenters. The number of nitrogens with two attached hydrogens (primary N) is 1. The van der Waals surface area contributed by atoms with Crippen molar-refractivity contribution in [2.75, 3.05) is 6.61 Å². The Bertz CT molecular complexity index is 263. The van der Waals surface area contributed by atoms with E-state index in [1.807, 2.05) is 13.8 Å². The zero-order chi connectivity index (χ0) is 10.9. The molecule has 0 amide bonds. The summed E-state index contributed by atoms with van der Waals surface area (Å²) >= 11 is 0. The fourth-order valence-corrected chi connectivity index (χ4v) is 2.59. The molecule has 1 fully saturated rings. The van der Waals surface area contributed by atoms with Crippen LogP contribution in [-0.4, -0.2) is 12.3 Å². The Balaban J connectivity index is 1.78. The first-order chi connectivity index (χ1) is 7.08. The summed E-state index contributed by atoms with van der Waals surface area (Å²) < 4.78 is 5.66. The van der Waals surface area contributed by atoms with Crippen molar-refractivity contribution in [3.63, 3.8) is 0 Å². The van der Waals surface area contributed by atoms with Crippen LogP contribution in [0.1, 0.15) is 39.5 Å². The van der Waals surface area contributed by atoms with Crippen LogP contribution in [0.4, 0.5) is 0 Å². The normalized spacial score (nSPS) is 34.5. The Morgan fingerprint density at radius 1 is 1.20 bits per heavy atom. The van der Waals surface area contributed by atoms with Crippen LogP contribution < -0.4 is 5.73 Å². The van der Waals surface area contributed by atoms with Crippen LogP contribution in [-0.2, 0) is 4.74 Å². The van der Waals surface area contributed by atoms with Gasteiger partial charge in [0.15, 0.2) is 0 Å². The molecular formula is C13H21NO. The fourth-order valence-electron chi connectivity index (χ4n) is 2.59. The third kappa shape index (κ3) is 2.96. The van der Waals surface area contributed by atoms with Crippen molar-refractivity contribution >= 4 is 0 Å². The Morgan fingerprint density at radius 3 is 2.20 bits per heavy atom. The van der Waals surface area contributed by atoms with Crippen molar-refractivity contribution in [2.24, 2.45) is 23.5 Å². The summed E-state index contributed by atoms with van der Waals surface area (Å²) in [4.78, 5) is 0. The Hall–Kier alpha value is -0.520. The highest BCUT2D eigenvalue weighted by atomic mass is 16.5. The van der Waals surface area contributed by atoms with E-state index in [1.54, 1.807) is 0 Å². The molecule has 2 nitrogen and oxygen atoms in total. The molecule has 0 radical (unpaired) electrons. The Morgan fingerprint density at radius 2 is 1.73 bits per heavy atom. The molecule has 2 atom stereocenters. The zero-order valence-corrected chi connectivity index (χ0v) is 9.75. The van der Waals surface area contributed by atoms with Gasteiger partial charge in [-0.2, -0.15) is 0 Å². The predicted octanol–water partition coefficient (Wildman–Crippen LogP) is 2.14. The average molecular weight is 207 g/mol. The Labute approximate surface area is 92.6 Å². The minimum absolute atomic E-state index is 0.478. The molecule has 0 aromatic rings. The van der Waals surface area contributed by atoms with E-state index in [0.29, 0.717) is 0 Å². The van der Waals surface area contributed by atoms with Crippen LogP contribution in [0.2, 0.25) is 0 Å². The van der Waals surface area contributed by atoms with Crippen LogP contribution in [0.25, 0.3) is 0 Å². The molecule has 0 aromatic heterocycles. The molecule has 2 heteroatoms. The quantitative estimate of drug-likeness (QED) is 0.568. The van der Waals surface area contributed by atoms with E-state index in [-0.39, 0.29) is 0 Å². The lowest BCUT2D eigenvalue weighted by Gasteiger charge is -2.19. The molecule has 0 heterocycles. The maximum atomic E-state index is 5.82. The van der Waals surface area contributed by atoms with Gasteiger partial charge >= 0.3 is 0 Å². The van der Waals surface area contributed by atoms with E-state index in [9.17, 15) is 0 Å². The summed E-state index contributed by atoms with van der Waals surface area (Å²) in [5.74, 6) is 8.91. The fraction of sp³-hybridized carbons (Fsp3) is 0.846. The molecule has 2 aliphatic carbocycles. The molecule has 0 saturated heterocycles. The van der Waals surface area contributed by atoms with Gasteiger partial charge in [-0.15, -0.1) is 11.8 Å². The number of rotatable bonds is 3. The molecule has 15 heavy (non-hydrogen) atoms. The first kappa shape index (κ1) is 11.0. The summed E-state index contributed by atoms with van der Waals surface area (Å²) in [5, 5.41) is 0. The zero-order valence-electron chi connectivity index (χ0n) is 9.75.